The first kappa shape index (κ1) is 10.8. The van der Waals surface area contributed by atoms with Crippen LogP contribution in [-0.4, -0.2) is 17.2 Å². The molecule has 0 atom stereocenters. The number of methoxy groups -OCH3 is 1. The van der Waals surface area contributed by atoms with Crippen LogP contribution in [0.5, 0.6) is 11.5 Å². The predicted octanol–water partition coefficient (Wildman–Crippen LogP) is 2.95. The fourth-order valence-corrected chi connectivity index (χ4v) is 2.18. The first-order valence-corrected chi connectivity index (χ1v) is 5.57. The average molecular weight is 233 g/mol. The van der Waals surface area contributed by atoms with Crippen molar-refractivity contribution < 1.29 is 9.84 Å². The summed E-state index contributed by atoms with van der Waals surface area (Å²) in [6.45, 7) is 0. The van der Waals surface area contributed by atoms with E-state index in [4.69, 9.17) is 4.74 Å². The third kappa shape index (κ3) is 2.46. The maximum absolute atomic E-state index is 9.35. The lowest BCUT2D eigenvalue weighted by molar-refractivity contribution is 0.401. The number of pyridine rings is 1. The molecule has 0 saturated heterocycles. The lowest BCUT2D eigenvalue weighted by Gasteiger charge is -2.06. The van der Waals surface area contributed by atoms with Crippen LogP contribution >= 0.6 is 11.8 Å². The fraction of sp³-hybridized carbons (Fsp3) is 0.0833. The number of nitrogens with zero attached hydrogens (tertiary/aromatic N) is 1. The van der Waals surface area contributed by atoms with Gasteiger partial charge in [0, 0.05) is 11.1 Å². The number of hydrogen-bond donors (Lipinski definition) is 1. The topological polar surface area (TPSA) is 42.4 Å². The molecule has 0 spiro atoms. The summed E-state index contributed by atoms with van der Waals surface area (Å²) in [6, 6.07) is 10.7. The van der Waals surface area contributed by atoms with E-state index in [0.717, 1.165) is 15.7 Å². The van der Waals surface area contributed by atoms with E-state index >= 15 is 0 Å². The van der Waals surface area contributed by atoms with Crippen molar-refractivity contribution in [2.75, 3.05) is 7.11 Å². The molecule has 0 fully saturated rings. The zero-order valence-corrected chi connectivity index (χ0v) is 9.57. The van der Waals surface area contributed by atoms with E-state index in [2.05, 4.69) is 4.98 Å². The molecule has 16 heavy (non-hydrogen) atoms. The Morgan fingerprint density at radius 3 is 2.88 bits per heavy atom. The zero-order valence-electron chi connectivity index (χ0n) is 8.75. The minimum atomic E-state index is 0.250. The number of phenolic OH excluding ortho intramolecular Hbond substituents is 1. The third-order valence-electron chi connectivity index (χ3n) is 1.99. The van der Waals surface area contributed by atoms with Gasteiger partial charge in [0.15, 0.2) is 5.75 Å². The number of ether oxygens (including phenoxy) is 1. The summed E-state index contributed by atoms with van der Waals surface area (Å²) in [4.78, 5) is 5.16. The molecule has 0 aliphatic heterocycles. The molecule has 0 aliphatic carbocycles. The monoisotopic (exact) mass is 233 g/mol. The van der Waals surface area contributed by atoms with Gasteiger partial charge in [-0.05, 0) is 30.3 Å². The minimum absolute atomic E-state index is 0.250. The van der Waals surface area contributed by atoms with Crippen LogP contribution < -0.4 is 4.74 Å². The zero-order chi connectivity index (χ0) is 11.4. The van der Waals surface area contributed by atoms with Crippen molar-refractivity contribution in [3.63, 3.8) is 0 Å². The molecule has 1 aromatic heterocycles. The Morgan fingerprint density at radius 2 is 2.12 bits per heavy atom. The van der Waals surface area contributed by atoms with Crippen molar-refractivity contribution in [2.45, 2.75) is 9.92 Å². The van der Waals surface area contributed by atoms with Gasteiger partial charge in [-0.15, -0.1) is 0 Å². The van der Waals surface area contributed by atoms with Gasteiger partial charge in [0.1, 0.15) is 10.8 Å². The highest BCUT2D eigenvalue weighted by atomic mass is 32.2. The normalized spacial score (nSPS) is 10.1. The van der Waals surface area contributed by atoms with E-state index in [1.807, 2.05) is 18.2 Å². The van der Waals surface area contributed by atoms with Gasteiger partial charge in [0.25, 0.3) is 0 Å². The Morgan fingerprint density at radius 1 is 1.25 bits per heavy atom. The quantitative estimate of drug-likeness (QED) is 0.885. The molecule has 0 amide bonds. The molecule has 1 aromatic carbocycles. The van der Waals surface area contributed by atoms with Crippen LogP contribution in [0.25, 0.3) is 0 Å². The summed E-state index contributed by atoms with van der Waals surface area (Å²) in [6.07, 6.45) is 1.72. The number of benzene rings is 1. The molecule has 2 aromatic rings. The minimum Gasteiger partial charge on any atom is -0.508 e. The molecule has 0 unspecified atom stereocenters. The smallest absolute Gasteiger partial charge is 0.151 e. The number of aromatic nitrogens is 1. The maximum Gasteiger partial charge on any atom is 0.151 e. The Labute approximate surface area is 98.1 Å². The number of phenols is 1. The predicted molar refractivity (Wildman–Crippen MR) is 63.0 cm³/mol. The largest absolute Gasteiger partial charge is 0.508 e. The second kappa shape index (κ2) is 4.90. The van der Waals surface area contributed by atoms with Crippen molar-refractivity contribution >= 4 is 11.8 Å². The highest BCUT2D eigenvalue weighted by Gasteiger charge is 2.05. The molecule has 0 saturated carbocycles. The third-order valence-corrected chi connectivity index (χ3v) is 2.98. The highest BCUT2D eigenvalue weighted by Crippen LogP contribution is 2.33. The van der Waals surface area contributed by atoms with Gasteiger partial charge in [0.2, 0.25) is 0 Å². The first-order valence-electron chi connectivity index (χ1n) is 4.75. The van der Waals surface area contributed by atoms with E-state index in [1.165, 1.54) is 11.8 Å². The fourth-order valence-electron chi connectivity index (χ4n) is 1.27. The SMILES string of the molecule is COc1cccnc1Sc1cccc(O)c1. The van der Waals surface area contributed by atoms with E-state index < -0.39 is 0 Å². The number of rotatable bonds is 3. The van der Waals surface area contributed by atoms with Crippen molar-refractivity contribution in [3.05, 3.63) is 42.6 Å². The first-order chi connectivity index (χ1) is 7.79. The van der Waals surface area contributed by atoms with Gasteiger partial charge in [-0.3, -0.25) is 0 Å². The molecule has 1 heterocycles. The maximum atomic E-state index is 9.35. The summed E-state index contributed by atoms with van der Waals surface area (Å²) in [5, 5.41) is 10.1. The number of aromatic hydroxyl groups is 1. The van der Waals surface area contributed by atoms with Gasteiger partial charge >= 0.3 is 0 Å². The molecule has 3 nitrogen and oxygen atoms in total. The van der Waals surface area contributed by atoms with Crippen LogP contribution in [0.1, 0.15) is 0 Å². The van der Waals surface area contributed by atoms with Crippen molar-refractivity contribution in [1.29, 1.82) is 0 Å². The van der Waals surface area contributed by atoms with E-state index in [-0.39, 0.29) is 5.75 Å². The van der Waals surface area contributed by atoms with Crippen LogP contribution in [0.15, 0.2) is 52.5 Å². The highest BCUT2D eigenvalue weighted by molar-refractivity contribution is 7.99. The van der Waals surface area contributed by atoms with Crippen molar-refractivity contribution in [1.82, 2.24) is 4.98 Å². The van der Waals surface area contributed by atoms with Crippen molar-refractivity contribution in [3.8, 4) is 11.5 Å². The molecular weight excluding hydrogens is 222 g/mol. The molecular formula is C12H11NO2S. The van der Waals surface area contributed by atoms with Crippen LogP contribution in [0.3, 0.4) is 0 Å². The summed E-state index contributed by atoms with van der Waals surface area (Å²) >= 11 is 1.46. The molecule has 2 rings (SSSR count). The van der Waals surface area contributed by atoms with E-state index in [0.29, 0.717) is 0 Å². The van der Waals surface area contributed by atoms with Gasteiger partial charge < -0.3 is 9.84 Å². The molecule has 82 valence electrons. The molecule has 0 radical (unpaired) electrons. The summed E-state index contributed by atoms with van der Waals surface area (Å²) < 4.78 is 5.20. The lowest BCUT2D eigenvalue weighted by Crippen LogP contribution is -1.88. The molecule has 1 N–H and O–H groups in total. The Kier molecular flexibility index (Phi) is 3.31. The van der Waals surface area contributed by atoms with Crippen LogP contribution in [0.4, 0.5) is 0 Å². The van der Waals surface area contributed by atoms with Crippen LogP contribution in [-0.2, 0) is 0 Å². The average Bonchev–Trinajstić information content (AvgIpc) is 2.30. The second-order valence-electron chi connectivity index (χ2n) is 3.11. The lowest BCUT2D eigenvalue weighted by atomic mass is 10.3. The summed E-state index contributed by atoms with van der Waals surface area (Å²) in [5.41, 5.74) is 0. The Hall–Kier alpha value is -1.68. The van der Waals surface area contributed by atoms with E-state index in [1.54, 1.807) is 31.5 Å². The van der Waals surface area contributed by atoms with Gasteiger partial charge in [0.05, 0.1) is 7.11 Å². The van der Waals surface area contributed by atoms with Gasteiger partial charge in [-0.2, -0.15) is 0 Å². The van der Waals surface area contributed by atoms with Crippen LogP contribution in [0.2, 0.25) is 0 Å². The van der Waals surface area contributed by atoms with Crippen molar-refractivity contribution in [2.24, 2.45) is 0 Å². The Balaban J connectivity index is 2.26. The molecule has 0 aliphatic rings. The molecule has 0 bridgehead atoms. The van der Waals surface area contributed by atoms with Gasteiger partial charge in [-0.1, -0.05) is 17.8 Å². The summed E-state index contributed by atoms with van der Waals surface area (Å²) in [7, 11) is 1.61. The van der Waals surface area contributed by atoms with Crippen LogP contribution in [0, 0.1) is 0 Å². The van der Waals surface area contributed by atoms with E-state index in [9.17, 15) is 5.11 Å². The van der Waals surface area contributed by atoms with Gasteiger partial charge in [-0.25, -0.2) is 4.98 Å². The summed E-state index contributed by atoms with van der Waals surface area (Å²) in [5.74, 6) is 0.982. The standard InChI is InChI=1S/C12H11NO2S/c1-15-11-6-3-7-13-12(11)16-10-5-2-4-9(14)8-10/h2-8,14H,1H3. The molecule has 4 heteroatoms. The Bertz CT molecular complexity index is 488. The number of hydrogen-bond acceptors (Lipinski definition) is 4. The second-order valence-corrected chi connectivity index (χ2v) is 4.17.